The molecule has 1 heterocycles. The summed E-state index contributed by atoms with van der Waals surface area (Å²) in [5.74, 6) is 3.16. The van der Waals surface area contributed by atoms with Crippen LogP contribution in [0.4, 0.5) is 0 Å². The Balaban J connectivity index is 1.53. The molecule has 0 saturated heterocycles. The summed E-state index contributed by atoms with van der Waals surface area (Å²) >= 11 is 0. The van der Waals surface area contributed by atoms with E-state index in [0.29, 0.717) is 31.3 Å². The van der Waals surface area contributed by atoms with Crippen LogP contribution in [0, 0.1) is 13.8 Å². The second kappa shape index (κ2) is 10.3. The van der Waals surface area contributed by atoms with Gasteiger partial charge in [0.15, 0.2) is 11.5 Å². The van der Waals surface area contributed by atoms with Crippen molar-refractivity contribution in [1.29, 1.82) is 0 Å². The maximum absolute atomic E-state index is 6.14. The zero-order valence-corrected chi connectivity index (χ0v) is 19.7. The summed E-state index contributed by atoms with van der Waals surface area (Å²) in [4.78, 5) is 4.82. The number of allylic oxidation sites excluding steroid dienone is 1. The van der Waals surface area contributed by atoms with Crippen LogP contribution in [0.5, 0.6) is 17.2 Å². The normalized spacial score (nSPS) is 11.3. The van der Waals surface area contributed by atoms with E-state index < -0.39 is 0 Å². The Bertz CT molecular complexity index is 1270. The van der Waals surface area contributed by atoms with Gasteiger partial charge in [0, 0.05) is 0 Å². The third kappa shape index (κ3) is 5.03. The van der Waals surface area contributed by atoms with E-state index in [-0.39, 0.29) is 0 Å². The summed E-state index contributed by atoms with van der Waals surface area (Å²) in [5.41, 5.74) is 5.47. The lowest BCUT2D eigenvalue weighted by atomic mass is 10.1. The molecule has 0 radical (unpaired) electrons. The SMILES string of the molecule is C/C=C\c1ccc(OCc2nc3ccccc3n2CCOc2cccc(C)c2C)c(OC)c1. The highest BCUT2D eigenvalue weighted by Crippen LogP contribution is 2.30. The predicted molar refractivity (Wildman–Crippen MR) is 133 cm³/mol. The lowest BCUT2D eigenvalue weighted by Crippen LogP contribution is -2.13. The van der Waals surface area contributed by atoms with Crippen LogP contribution in [0.2, 0.25) is 0 Å². The quantitative estimate of drug-likeness (QED) is 0.303. The number of hydrogen-bond acceptors (Lipinski definition) is 4. The zero-order valence-electron chi connectivity index (χ0n) is 19.7. The van der Waals surface area contributed by atoms with E-state index in [1.54, 1.807) is 7.11 Å². The molecule has 0 unspecified atom stereocenters. The van der Waals surface area contributed by atoms with Crippen molar-refractivity contribution >= 4 is 17.1 Å². The number of para-hydroxylation sites is 2. The second-order valence-corrected chi connectivity index (χ2v) is 7.91. The fourth-order valence-electron chi connectivity index (χ4n) is 3.85. The lowest BCUT2D eigenvalue weighted by molar-refractivity contribution is 0.261. The van der Waals surface area contributed by atoms with Gasteiger partial charge in [-0.05, 0) is 67.8 Å². The van der Waals surface area contributed by atoms with Crippen molar-refractivity contribution in [1.82, 2.24) is 9.55 Å². The van der Waals surface area contributed by atoms with Gasteiger partial charge in [0.1, 0.15) is 24.8 Å². The van der Waals surface area contributed by atoms with Crippen molar-refractivity contribution in [2.75, 3.05) is 13.7 Å². The second-order valence-electron chi connectivity index (χ2n) is 7.91. The van der Waals surface area contributed by atoms with Gasteiger partial charge in [-0.25, -0.2) is 4.98 Å². The molecule has 170 valence electrons. The molecular formula is C28H30N2O3. The molecule has 5 nitrogen and oxygen atoms in total. The molecule has 4 rings (SSSR count). The molecule has 1 aromatic heterocycles. The first-order chi connectivity index (χ1) is 16.1. The van der Waals surface area contributed by atoms with Crippen molar-refractivity contribution in [2.45, 2.75) is 33.9 Å². The molecule has 0 atom stereocenters. The molecule has 0 saturated carbocycles. The van der Waals surface area contributed by atoms with Crippen LogP contribution in [0.1, 0.15) is 29.4 Å². The summed E-state index contributed by atoms with van der Waals surface area (Å²) in [5, 5.41) is 0. The minimum absolute atomic E-state index is 0.331. The van der Waals surface area contributed by atoms with E-state index in [2.05, 4.69) is 30.5 Å². The number of aromatic nitrogens is 2. The Morgan fingerprint density at radius 2 is 1.76 bits per heavy atom. The number of fused-ring (bicyclic) bond motifs is 1. The Kier molecular flexibility index (Phi) is 6.98. The Hall–Kier alpha value is -3.73. The Morgan fingerprint density at radius 3 is 2.58 bits per heavy atom. The number of methoxy groups -OCH3 is 1. The number of imidazole rings is 1. The van der Waals surface area contributed by atoms with Crippen LogP contribution in [0.15, 0.2) is 66.7 Å². The van der Waals surface area contributed by atoms with Gasteiger partial charge in [0.05, 0.1) is 24.7 Å². The largest absolute Gasteiger partial charge is 0.493 e. The fourth-order valence-corrected chi connectivity index (χ4v) is 3.85. The number of aryl methyl sites for hydroxylation is 1. The number of nitrogens with zero attached hydrogens (tertiary/aromatic N) is 2. The molecule has 0 aliphatic rings. The first-order valence-corrected chi connectivity index (χ1v) is 11.2. The van der Waals surface area contributed by atoms with E-state index in [9.17, 15) is 0 Å². The van der Waals surface area contributed by atoms with Crippen molar-refractivity contribution in [3.8, 4) is 17.2 Å². The van der Waals surface area contributed by atoms with Gasteiger partial charge in [-0.1, -0.05) is 42.5 Å². The highest BCUT2D eigenvalue weighted by Gasteiger charge is 2.13. The lowest BCUT2D eigenvalue weighted by Gasteiger charge is -2.14. The molecule has 3 aromatic carbocycles. The van der Waals surface area contributed by atoms with Crippen LogP contribution in [0.25, 0.3) is 17.1 Å². The van der Waals surface area contributed by atoms with Gasteiger partial charge in [-0.15, -0.1) is 0 Å². The molecule has 4 aromatic rings. The highest BCUT2D eigenvalue weighted by atomic mass is 16.5. The number of ether oxygens (including phenoxy) is 3. The summed E-state index contributed by atoms with van der Waals surface area (Å²) in [6.07, 6.45) is 4.03. The van der Waals surface area contributed by atoms with Crippen molar-refractivity contribution in [3.63, 3.8) is 0 Å². The predicted octanol–water partition coefficient (Wildman–Crippen LogP) is 6.35. The van der Waals surface area contributed by atoms with Gasteiger partial charge >= 0.3 is 0 Å². The Labute approximate surface area is 195 Å². The van der Waals surface area contributed by atoms with Gasteiger partial charge in [0.2, 0.25) is 0 Å². The zero-order chi connectivity index (χ0) is 23.2. The molecule has 0 spiro atoms. The average Bonchev–Trinajstić information content (AvgIpc) is 3.18. The standard InChI is InChI=1S/C28H30N2O3/c1-5-9-22-14-15-26(27(18-22)31-4)33-19-28-29-23-11-6-7-12-24(23)30(28)16-17-32-25-13-8-10-20(2)21(25)3/h5-15,18H,16-17,19H2,1-4H3/b9-5-. The fraction of sp³-hybridized carbons (Fsp3) is 0.250. The van der Waals surface area contributed by atoms with E-state index >= 15 is 0 Å². The molecule has 5 heteroatoms. The molecular weight excluding hydrogens is 412 g/mol. The molecule has 0 aliphatic heterocycles. The van der Waals surface area contributed by atoms with Gasteiger partial charge in [0.25, 0.3) is 0 Å². The van der Waals surface area contributed by atoms with Crippen LogP contribution in [0.3, 0.4) is 0 Å². The maximum Gasteiger partial charge on any atom is 0.161 e. The monoisotopic (exact) mass is 442 g/mol. The molecule has 0 amide bonds. The van der Waals surface area contributed by atoms with Gasteiger partial charge in [-0.3, -0.25) is 0 Å². The minimum Gasteiger partial charge on any atom is -0.493 e. The number of benzene rings is 3. The molecule has 33 heavy (non-hydrogen) atoms. The van der Waals surface area contributed by atoms with Crippen LogP contribution in [-0.4, -0.2) is 23.3 Å². The third-order valence-electron chi connectivity index (χ3n) is 5.76. The number of hydrogen-bond donors (Lipinski definition) is 0. The summed E-state index contributed by atoms with van der Waals surface area (Å²) < 4.78 is 20.0. The molecule has 0 aliphatic carbocycles. The summed E-state index contributed by atoms with van der Waals surface area (Å²) in [7, 11) is 1.65. The van der Waals surface area contributed by atoms with E-state index in [1.165, 1.54) is 11.1 Å². The summed E-state index contributed by atoms with van der Waals surface area (Å²) in [6, 6.07) is 20.2. The third-order valence-corrected chi connectivity index (χ3v) is 5.76. The maximum atomic E-state index is 6.14. The van der Waals surface area contributed by atoms with Crippen LogP contribution >= 0.6 is 0 Å². The van der Waals surface area contributed by atoms with Crippen LogP contribution in [-0.2, 0) is 13.2 Å². The first kappa shape index (κ1) is 22.5. The molecule has 0 N–H and O–H groups in total. The molecule has 0 bridgehead atoms. The smallest absolute Gasteiger partial charge is 0.161 e. The van der Waals surface area contributed by atoms with Crippen molar-refractivity contribution in [3.05, 3.63) is 89.3 Å². The topological polar surface area (TPSA) is 45.5 Å². The highest BCUT2D eigenvalue weighted by molar-refractivity contribution is 5.75. The molecule has 0 fully saturated rings. The van der Waals surface area contributed by atoms with Crippen LogP contribution < -0.4 is 14.2 Å². The van der Waals surface area contributed by atoms with Crippen molar-refractivity contribution in [2.24, 2.45) is 0 Å². The first-order valence-electron chi connectivity index (χ1n) is 11.2. The minimum atomic E-state index is 0.331. The van der Waals surface area contributed by atoms with Gasteiger partial charge < -0.3 is 18.8 Å². The van der Waals surface area contributed by atoms with E-state index in [4.69, 9.17) is 19.2 Å². The van der Waals surface area contributed by atoms with Gasteiger partial charge in [-0.2, -0.15) is 0 Å². The average molecular weight is 443 g/mol. The Morgan fingerprint density at radius 1 is 0.909 bits per heavy atom. The summed E-state index contributed by atoms with van der Waals surface area (Å²) in [6.45, 7) is 7.72. The van der Waals surface area contributed by atoms with E-state index in [0.717, 1.165) is 28.2 Å². The van der Waals surface area contributed by atoms with Crippen molar-refractivity contribution < 1.29 is 14.2 Å². The van der Waals surface area contributed by atoms with E-state index in [1.807, 2.05) is 67.6 Å². The number of rotatable bonds is 9.